The number of anilines is 1. The maximum Gasteiger partial charge on any atom is 0.330 e. The number of amides is 2. The van der Waals surface area contributed by atoms with E-state index in [9.17, 15) is 14.4 Å². The van der Waals surface area contributed by atoms with E-state index in [0.29, 0.717) is 18.7 Å². The van der Waals surface area contributed by atoms with E-state index in [-0.39, 0.29) is 18.1 Å². The molecule has 0 saturated carbocycles. The maximum absolute atomic E-state index is 11.5. The summed E-state index contributed by atoms with van der Waals surface area (Å²) in [7, 11) is 0. The molecule has 0 atom stereocenters. The van der Waals surface area contributed by atoms with Gasteiger partial charge in [-0.05, 0) is 13.3 Å². The van der Waals surface area contributed by atoms with E-state index < -0.39 is 12.0 Å². The number of rotatable bonds is 6. The summed E-state index contributed by atoms with van der Waals surface area (Å²) in [6, 6.07) is 0.811. The summed E-state index contributed by atoms with van der Waals surface area (Å²) >= 11 is 0. The molecule has 0 aromatic carbocycles. The number of nitrogens with one attached hydrogen (secondary N) is 3. The highest BCUT2D eigenvalue weighted by Crippen LogP contribution is 1.95. The predicted octanol–water partition coefficient (Wildman–Crippen LogP) is 0.319. The first-order chi connectivity index (χ1) is 9.51. The van der Waals surface area contributed by atoms with Crippen LogP contribution in [0, 0.1) is 6.92 Å². The van der Waals surface area contributed by atoms with E-state index in [4.69, 9.17) is 4.74 Å². The monoisotopic (exact) mass is 280 g/mol. The van der Waals surface area contributed by atoms with Gasteiger partial charge >= 0.3 is 12.0 Å². The minimum Gasteiger partial charge on any atom is -0.462 e. The summed E-state index contributed by atoms with van der Waals surface area (Å²) in [5.41, 5.74) is 0.157. The highest BCUT2D eigenvalue weighted by atomic mass is 16.5. The Morgan fingerprint density at radius 1 is 1.55 bits per heavy atom. The van der Waals surface area contributed by atoms with Crippen LogP contribution in [-0.2, 0) is 9.53 Å². The fourth-order valence-corrected chi connectivity index (χ4v) is 1.30. The first-order valence-corrected chi connectivity index (χ1v) is 5.93. The third-order valence-corrected chi connectivity index (χ3v) is 2.12. The van der Waals surface area contributed by atoms with Gasteiger partial charge in [0.1, 0.15) is 0 Å². The number of aromatic nitrogens is 2. The van der Waals surface area contributed by atoms with E-state index >= 15 is 0 Å². The van der Waals surface area contributed by atoms with Crippen molar-refractivity contribution >= 4 is 17.9 Å². The fraction of sp³-hybridized carbons (Fsp3) is 0.333. The van der Waals surface area contributed by atoms with E-state index in [1.54, 1.807) is 6.92 Å². The molecule has 0 fully saturated rings. The molecule has 0 saturated heterocycles. The second kappa shape index (κ2) is 7.72. The van der Waals surface area contributed by atoms with E-state index in [0.717, 1.165) is 6.08 Å². The Balaban J connectivity index is 2.28. The minimum atomic E-state index is -0.506. The number of aromatic amines is 1. The molecule has 1 aromatic rings. The van der Waals surface area contributed by atoms with Gasteiger partial charge < -0.3 is 10.1 Å². The average Bonchev–Trinajstić information content (AvgIpc) is 2.36. The molecule has 20 heavy (non-hydrogen) atoms. The molecule has 0 spiro atoms. The van der Waals surface area contributed by atoms with Crippen LogP contribution in [0.1, 0.15) is 12.1 Å². The average molecular weight is 280 g/mol. The van der Waals surface area contributed by atoms with Crippen LogP contribution in [0.25, 0.3) is 0 Å². The molecule has 0 aliphatic rings. The van der Waals surface area contributed by atoms with E-state index in [1.807, 2.05) is 0 Å². The number of ether oxygens (including phenoxy) is 1. The molecule has 8 heteroatoms. The summed E-state index contributed by atoms with van der Waals surface area (Å²) in [6.07, 6.45) is 1.53. The molecule has 0 aliphatic carbocycles. The number of hydrogen-bond acceptors (Lipinski definition) is 5. The Labute approximate surface area is 115 Å². The minimum absolute atomic E-state index is 0.0746. The Hall–Kier alpha value is -2.64. The third-order valence-electron chi connectivity index (χ3n) is 2.12. The van der Waals surface area contributed by atoms with Crippen molar-refractivity contribution in [2.24, 2.45) is 0 Å². The van der Waals surface area contributed by atoms with Crippen LogP contribution in [0.4, 0.5) is 10.7 Å². The lowest BCUT2D eigenvalue weighted by molar-refractivity contribution is -0.137. The van der Waals surface area contributed by atoms with Crippen molar-refractivity contribution in [3.05, 3.63) is 34.8 Å². The second-order valence-electron chi connectivity index (χ2n) is 3.84. The van der Waals surface area contributed by atoms with Crippen molar-refractivity contribution in [1.29, 1.82) is 0 Å². The van der Waals surface area contributed by atoms with E-state index in [1.165, 1.54) is 6.07 Å². The summed E-state index contributed by atoms with van der Waals surface area (Å²) < 4.78 is 4.73. The number of hydrogen-bond donors (Lipinski definition) is 3. The molecule has 1 rings (SSSR count). The van der Waals surface area contributed by atoms with E-state index in [2.05, 4.69) is 27.2 Å². The zero-order valence-electron chi connectivity index (χ0n) is 11.1. The molecule has 1 heterocycles. The van der Waals surface area contributed by atoms with Crippen LogP contribution >= 0.6 is 0 Å². The van der Waals surface area contributed by atoms with Crippen LogP contribution in [0.3, 0.4) is 0 Å². The number of urea groups is 1. The van der Waals surface area contributed by atoms with Crippen molar-refractivity contribution < 1.29 is 14.3 Å². The first-order valence-electron chi connectivity index (χ1n) is 5.93. The number of nitrogens with zero attached hydrogens (tertiary/aromatic N) is 1. The van der Waals surface area contributed by atoms with Gasteiger partial charge in [-0.2, -0.15) is 0 Å². The third kappa shape index (κ3) is 5.80. The molecule has 0 radical (unpaired) electrons. The Morgan fingerprint density at radius 2 is 2.30 bits per heavy atom. The molecule has 0 aliphatic heterocycles. The number of esters is 1. The molecule has 8 nitrogen and oxygen atoms in total. The molecule has 2 amide bonds. The van der Waals surface area contributed by atoms with Gasteiger partial charge in [-0.15, -0.1) is 0 Å². The standard InChI is InChI=1S/C12H16N4O4/c1-3-10(18)20-6-4-5-13-12(19)16-11-14-8(2)7-9(17)15-11/h3,7H,1,4-6H2,2H3,(H3,13,14,15,16,17,19). The molecule has 0 bridgehead atoms. The van der Waals surface area contributed by atoms with Gasteiger partial charge in [0, 0.05) is 24.4 Å². The quantitative estimate of drug-likeness (QED) is 0.394. The van der Waals surface area contributed by atoms with Crippen LogP contribution in [0.5, 0.6) is 0 Å². The van der Waals surface area contributed by atoms with Crippen molar-refractivity contribution in [1.82, 2.24) is 15.3 Å². The molecule has 108 valence electrons. The fourth-order valence-electron chi connectivity index (χ4n) is 1.30. The number of H-pyrrole nitrogens is 1. The maximum atomic E-state index is 11.5. The zero-order valence-corrected chi connectivity index (χ0v) is 11.1. The number of carbonyl (C=O) groups excluding carboxylic acids is 2. The smallest absolute Gasteiger partial charge is 0.330 e. The lowest BCUT2D eigenvalue weighted by atomic mass is 10.4. The van der Waals surface area contributed by atoms with Crippen LogP contribution < -0.4 is 16.2 Å². The van der Waals surface area contributed by atoms with Gasteiger partial charge in [0.05, 0.1) is 6.61 Å². The number of aryl methyl sites for hydroxylation is 1. The molecule has 3 N–H and O–H groups in total. The topological polar surface area (TPSA) is 113 Å². The molecular weight excluding hydrogens is 264 g/mol. The van der Waals surface area contributed by atoms with Gasteiger partial charge in [0.2, 0.25) is 5.95 Å². The second-order valence-corrected chi connectivity index (χ2v) is 3.84. The highest BCUT2D eigenvalue weighted by molar-refractivity contribution is 5.87. The van der Waals surface area contributed by atoms with Gasteiger partial charge in [0.15, 0.2) is 0 Å². The Kier molecular flexibility index (Phi) is 5.95. The van der Waals surface area contributed by atoms with Crippen molar-refractivity contribution in [3.8, 4) is 0 Å². The largest absolute Gasteiger partial charge is 0.462 e. The van der Waals surface area contributed by atoms with Crippen LogP contribution in [0.2, 0.25) is 0 Å². The zero-order chi connectivity index (χ0) is 15.0. The van der Waals surface area contributed by atoms with Crippen molar-refractivity contribution in [3.63, 3.8) is 0 Å². The first kappa shape index (κ1) is 15.4. The molecule has 1 aromatic heterocycles. The Morgan fingerprint density at radius 3 is 2.95 bits per heavy atom. The lowest BCUT2D eigenvalue weighted by Crippen LogP contribution is -2.31. The lowest BCUT2D eigenvalue weighted by Gasteiger charge is -2.07. The van der Waals surface area contributed by atoms with Crippen molar-refractivity contribution in [2.45, 2.75) is 13.3 Å². The molecule has 0 unspecified atom stereocenters. The van der Waals surface area contributed by atoms with Gasteiger partial charge in [-0.3, -0.25) is 15.1 Å². The Bertz CT molecular complexity index is 553. The van der Waals surface area contributed by atoms with Crippen LogP contribution in [0.15, 0.2) is 23.5 Å². The van der Waals surface area contributed by atoms with Gasteiger partial charge in [-0.25, -0.2) is 14.6 Å². The predicted molar refractivity (Wildman–Crippen MR) is 72.4 cm³/mol. The summed E-state index contributed by atoms with van der Waals surface area (Å²) in [6.45, 7) is 5.40. The van der Waals surface area contributed by atoms with Crippen molar-refractivity contribution in [2.75, 3.05) is 18.5 Å². The molecular formula is C12H16N4O4. The summed E-state index contributed by atoms with van der Waals surface area (Å²) in [5.74, 6) is -0.429. The normalized spacial score (nSPS) is 9.65. The SMILES string of the molecule is C=CC(=O)OCCCNC(=O)Nc1nc(C)cc(=O)[nH]1. The summed E-state index contributed by atoms with van der Waals surface area (Å²) in [5, 5.41) is 4.93. The summed E-state index contributed by atoms with van der Waals surface area (Å²) in [4.78, 5) is 39.7. The van der Waals surface area contributed by atoms with Gasteiger partial charge in [0.25, 0.3) is 5.56 Å². The number of carbonyl (C=O) groups is 2. The van der Waals surface area contributed by atoms with Gasteiger partial charge in [-0.1, -0.05) is 6.58 Å². The highest BCUT2D eigenvalue weighted by Gasteiger charge is 2.04. The van der Waals surface area contributed by atoms with Crippen LogP contribution in [-0.4, -0.2) is 35.1 Å².